The van der Waals surface area contributed by atoms with Gasteiger partial charge in [-0.3, -0.25) is 9.59 Å². The summed E-state index contributed by atoms with van der Waals surface area (Å²) in [7, 11) is 1.78. The van der Waals surface area contributed by atoms with Gasteiger partial charge < -0.3 is 9.80 Å². The molecule has 2 amide bonds. The van der Waals surface area contributed by atoms with Gasteiger partial charge in [-0.2, -0.15) is 0 Å². The van der Waals surface area contributed by atoms with E-state index in [2.05, 4.69) is 13.8 Å². The SMILES string of the molecule is CCCN(CCC)C(=O)c1cccc(C(=O)N(C)Cc2ccccc2)c1. The fourth-order valence-electron chi connectivity index (χ4n) is 2.97. The van der Waals surface area contributed by atoms with E-state index < -0.39 is 0 Å². The summed E-state index contributed by atoms with van der Waals surface area (Å²) in [6.45, 7) is 6.13. The molecule has 2 aromatic carbocycles. The lowest BCUT2D eigenvalue weighted by atomic mass is 10.1. The zero-order chi connectivity index (χ0) is 18.9. The number of carbonyl (C=O) groups excluding carboxylic acids is 2. The largest absolute Gasteiger partial charge is 0.339 e. The lowest BCUT2D eigenvalue weighted by Crippen LogP contribution is -2.33. The Morgan fingerprint density at radius 2 is 1.38 bits per heavy atom. The molecule has 138 valence electrons. The average Bonchev–Trinajstić information content (AvgIpc) is 2.67. The van der Waals surface area contributed by atoms with E-state index in [1.807, 2.05) is 35.2 Å². The highest BCUT2D eigenvalue weighted by Crippen LogP contribution is 2.13. The van der Waals surface area contributed by atoms with Crippen LogP contribution in [0.1, 0.15) is 53.0 Å². The molecular formula is C22H28N2O2. The van der Waals surface area contributed by atoms with Gasteiger partial charge in [-0.25, -0.2) is 0 Å². The number of nitrogens with zero attached hydrogens (tertiary/aromatic N) is 2. The molecule has 2 aromatic rings. The van der Waals surface area contributed by atoms with Crippen LogP contribution < -0.4 is 0 Å². The highest BCUT2D eigenvalue weighted by Gasteiger charge is 2.17. The first-order chi connectivity index (χ1) is 12.6. The van der Waals surface area contributed by atoms with Gasteiger partial charge in [-0.15, -0.1) is 0 Å². The number of rotatable bonds is 8. The van der Waals surface area contributed by atoms with Gasteiger partial charge in [0.15, 0.2) is 0 Å². The zero-order valence-corrected chi connectivity index (χ0v) is 15.9. The second-order valence-electron chi connectivity index (χ2n) is 6.52. The molecule has 0 saturated carbocycles. The molecule has 0 aromatic heterocycles. The van der Waals surface area contributed by atoms with Crippen molar-refractivity contribution in [3.05, 3.63) is 71.3 Å². The van der Waals surface area contributed by atoms with Gasteiger partial charge in [-0.1, -0.05) is 50.2 Å². The Balaban J connectivity index is 2.14. The summed E-state index contributed by atoms with van der Waals surface area (Å²) in [4.78, 5) is 29.0. The van der Waals surface area contributed by atoms with Crippen LogP contribution >= 0.6 is 0 Å². The molecule has 0 aliphatic carbocycles. The van der Waals surface area contributed by atoms with Crippen molar-refractivity contribution in [3.8, 4) is 0 Å². The molecule has 0 bridgehead atoms. The second kappa shape index (κ2) is 9.76. The number of amides is 2. The summed E-state index contributed by atoms with van der Waals surface area (Å²) < 4.78 is 0. The van der Waals surface area contributed by atoms with Gasteiger partial charge in [0.1, 0.15) is 0 Å². The molecule has 0 heterocycles. The van der Waals surface area contributed by atoms with E-state index in [1.165, 1.54) is 0 Å². The number of hydrogen-bond donors (Lipinski definition) is 0. The van der Waals surface area contributed by atoms with Crippen LogP contribution in [0.15, 0.2) is 54.6 Å². The molecule has 2 rings (SSSR count). The lowest BCUT2D eigenvalue weighted by Gasteiger charge is -2.22. The molecule has 4 nitrogen and oxygen atoms in total. The minimum Gasteiger partial charge on any atom is -0.339 e. The smallest absolute Gasteiger partial charge is 0.253 e. The Labute approximate surface area is 156 Å². The topological polar surface area (TPSA) is 40.6 Å². The number of carbonyl (C=O) groups is 2. The molecule has 26 heavy (non-hydrogen) atoms. The number of benzene rings is 2. The highest BCUT2D eigenvalue weighted by atomic mass is 16.2. The predicted octanol–water partition coefficient (Wildman–Crippen LogP) is 4.22. The molecule has 0 spiro atoms. The standard InChI is InChI=1S/C22H28N2O2/c1-4-14-24(15-5-2)22(26)20-13-9-12-19(16-20)21(25)23(3)17-18-10-7-6-8-11-18/h6-13,16H,4-5,14-15,17H2,1-3H3. The minimum atomic E-state index is -0.0824. The van der Waals surface area contributed by atoms with Crippen molar-refractivity contribution in [1.82, 2.24) is 9.80 Å². The number of hydrogen-bond acceptors (Lipinski definition) is 2. The van der Waals surface area contributed by atoms with Crippen LogP contribution in [0.25, 0.3) is 0 Å². The molecule has 0 unspecified atom stereocenters. The normalized spacial score (nSPS) is 10.4. The Morgan fingerprint density at radius 1 is 0.808 bits per heavy atom. The third kappa shape index (κ3) is 5.19. The Morgan fingerprint density at radius 3 is 1.96 bits per heavy atom. The Hall–Kier alpha value is -2.62. The van der Waals surface area contributed by atoms with Gasteiger partial charge in [0.25, 0.3) is 11.8 Å². The van der Waals surface area contributed by atoms with Crippen LogP contribution in [-0.4, -0.2) is 41.8 Å². The summed E-state index contributed by atoms with van der Waals surface area (Å²) in [6, 6.07) is 16.9. The third-order valence-corrected chi connectivity index (χ3v) is 4.24. The van der Waals surface area contributed by atoms with Crippen LogP contribution in [-0.2, 0) is 6.54 Å². The quantitative estimate of drug-likeness (QED) is 0.714. The first-order valence-electron chi connectivity index (χ1n) is 9.25. The van der Waals surface area contributed by atoms with Gasteiger partial charge in [0.2, 0.25) is 0 Å². The summed E-state index contributed by atoms with van der Waals surface area (Å²) in [5, 5.41) is 0. The van der Waals surface area contributed by atoms with Crippen molar-refractivity contribution in [1.29, 1.82) is 0 Å². The Bertz CT molecular complexity index is 722. The fourth-order valence-corrected chi connectivity index (χ4v) is 2.97. The lowest BCUT2D eigenvalue weighted by molar-refractivity contribution is 0.0755. The van der Waals surface area contributed by atoms with E-state index >= 15 is 0 Å². The van der Waals surface area contributed by atoms with E-state index in [0.29, 0.717) is 17.7 Å². The van der Waals surface area contributed by atoms with Crippen LogP contribution in [0, 0.1) is 0 Å². The first kappa shape index (κ1) is 19.7. The molecule has 0 aliphatic rings. The Kier molecular flexibility index (Phi) is 7.39. The van der Waals surface area contributed by atoms with E-state index in [-0.39, 0.29) is 11.8 Å². The maximum atomic E-state index is 12.8. The molecule has 0 aliphatic heterocycles. The summed E-state index contributed by atoms with van der Waals surface area (Å²) in [5.74, 6) is -0.0879. The molecule has 0 N–H and O–H groups in total. The first-order valence-corrected chi connectivity index (χ1v) is 9.25. The van der Waals surface area contributed by atoms with E-state index in [4.69, 9.17) is 0 Å². The highest BCUT2D eigenvalue weighted by molar-refractivity contribution is 5.99. The van der Waals surface area contributed by atoms with Crippen molar-refractivity contribution < 1.29 is 9.59 Å². The van der Waals surface area contributed by atoms with Gasteiger partial charge in [0, 0.05) is 37.8 Å². The summed E-state index contributed by atoms with van der Waals surface area (Å²) in [5.41, 5.74) is 2.20. The predicted molar refractivity (Wildman–Crippen MR) is 105 cm³/mol. The van der Waals surface area contributed by atoms with Crippen LogP contribution in [0.3, 0.4) is 0 Å². The summed E-state index contributed by atoms with van der Waals surface area (Å²) in [6.07, 6.45) is 1.84. The molecule has 4 heteroatoms. The van der Waals surface area contributed by atoms with E-state index in [9.17, 15) is 9.59 Å². The van der Waals surface area contributed by atoms with Crippen molar-refractivity contribution in [2.24, 2.45) is 0 Å². The molecule has 0 radical (unpaired) electrons. The fraction of sp³-hybridized carbons (Fsp3) is 0.364. The average molecular weight is 352 g/mol. The maximum absolute atomic E-state index is 12.8. The second-order valence-corrected chi connectivity index (χ2v) is 6.52. The van der Waals surface area contributed by atoms with Crippen LogP contribution in [0.4, 0.5) is 0 Å². The van der Waals surface area contributed by atoms with Crippen LogP contribution in [0.5, 0.6) is 0 Å². The monoisotopic (exact) mass is 352 g/mol. The van der Waals surface area contributed by atoms with Crippen LogP contribution in [0.2, 0.25) is 0 Å². The van der Waals surface area contributed by atoms with E-state index in [0.717, 1.165) is 31.5 Å². The van der Waals surface area contributed by atoms with Crippen molar-refractivity contribution >= 4 is 11.8 Å². The van der Waals surface area contributed by atoms with E-state index in [1.54, 1.807) is 36.2 Å². The molecular weight excluding hydrogens is 324 g/mol. The molecule has 0 saturated heterocycles. The molecule has 0 atom stereocenters. The molecule has 0 fully saturated rings. The van der Waals surface area contributed by atoms with Gasteiger partial charge in [0.05, 0.1) is 0 Å². The van der Waals surface area contributed by atoms with Crippen molar-refractivity contribution in [2.45, 2.75) is 33.2 Å². The van der Waals surface area contributed by atoms with Crippen molar-refractivity contribution in [2.75, 3.05) is 20.1 Å². The van der Waals surface area contributed by atoms with Gasteiger partial charge in [-0.05, 0) is 36.6 Å². The minimum absolute atomic E-state index is 0.00550. The zero-order valence-electron chi connectivity index (χ0n) is 15.9. The third-order valence-electron chi connectivity index (χ3n) is 4.24. The van der Waals surface area contributed by atoms with Crippen molar-refractivity contribution in [3.63, 3.8) is 0 Å². The maximum Gasteiger partial charge on any atom is 0.253 e. The summed E-state index contributed by atoms with van der Waals surface area (Å²) >= 11 is 0. The van der Waals surface area contributed by atoms with Gasteiger partial charge >= 0.3 is 0 Å².